The molecule has 0 unspecified atom stereocenters. The fourth-order valence-electron chi connectivity index (χ4n) is 4.07. The Bertz CT molecular complexity index is 1380. The van der Waals surface area contributed by atoms with E-state index in [9.17, 15) is 4.39 Å². The Morgan fingerprint density at radius 1 is 1.03 bits per heavy atom. The molecule has 5 rings (SSSR count). The zero-order chi connectivity index (χ0) is 24.4. The molecule has 35 heavy (non-hydrogen) atoms. The number of methoxy groups -OCH3 is 1. The first-order chi connectivity index (χ1) is 17.0. The summed E-state index contributed by atoms with van der Waals surface area (Å²) in [6, 6.07) is 9.38. The number of nitrogens with one attached hydrogen (secondary N) is 1. The number of hydrogen-bond donors (Lipinski definition) is 1. The summed E-state index contributed by atoms with van der Waals surface area (Å²) in [4.78, 5) is 16.0. The van der Waals surface area contributed by atoms with Crippen molar-refractivity contribution in [1.82, 2.24) is 15.0 Å². The maximum absolute atomic E-state index is 15.5. The van der Waals surface area contributed by atoms with Gasteiger partial charge in [-0.05, 0) is 67.1 Å². The van der Waals surface area contributed by atoms with E-state index in [0.29, 0.717) is 32.7 Å². The molecular formula is C25H22ClF2N5OS. The van der Waals surface area contributed by atoms with E-state index >= 15 is 4.39 Å². The van der Waals surface area contributed by atoms with Gasteiger partial charge < -0.3 is 14.4 Å². The number of piperidine rings is 1. The second-order valence-electron chi connectivity index (χ2n) is 8.14. The molecule has 3 heterocycles. The third-order valence-corrected chi connectivity index (χ3v) is 6.88. The zero-order valence-electron chi connectivity index (χ0n) is 18.9. The van der Waals surface area contributed by atoms with Crippen LogP contribution in [0, 0.1) is 11.6 Å². The van der Waals surface area contributed by atoms with Gasteiger partial charge in [0.05, 0.1) is 33.8 Å². The van der Waals surface area contributed by atoms with Crippen molar-refractivity contribution in [2.45, 2.75) is 24.2 Å². The summed E-state index contributed by atoms with van der Waals surface area (Å²) in [6.07, 6.45) is 6.65. The molecule has 1 aliphatic rings. The van der Waals surface area contributed by atoms with E-state index in [1.807, 2.05) is 0 Å². The van der Waals surface area contributed by atoms with Crippen LogP contribution in [0.3, 0.4) is 0 Å². The second-order valence-corrected chi connectivity index (χ2v) is 9.42. The van der Waals surface area contributed by atoms with Crippen LogP contribution in [0.5, 0.6) is 5.88 Å². The van der Waals surface area contributed by atoms with Crippen LogP contribution in [-0.2, 0) is 0 Å². The highest BCUT2D eigenvalue weighted by Gasteiger charge is 2.18. The topological polar surface area (TPSA) is 63.2 Å². The number of halogens is 3. The van der Waals surface area contributed by atoms with E-state index in [-0.39, 0.29) is 11.3 Å². The predicted molar refractivity (Wildman–Crippen MR) is 136 cm³/mol. The summed E-state index contributed by atoms with van der Waals surface area (Å²) in [6.45, 7) is 1.88. The Balaban J connectivity index is 1.43. The standard InChI is InChI=1S/C25H22ClF2N5OS/c1-34-24-21(12-17(26)14-29-24)35-32-20-8-6-18(27)22(23(20)28)15-5-7-19-16(11-15)13-30-25(31-19)33-9-3-2-4-10-33/h5-8,11-14,32H,2-4,9-10H2,1H3. The van der Waals surface area contributed by atoms with Gasteiger partial charge in [0.25, 0.3) is 0 Å². The minimum absolute atomic E-state index is 0.116. The van der Waals surface area contributed by atoms with Gasteiger partial charge in [-0.25, -0.2) is 23.7 Å². The molecule has 0 spiro atoms. The summed E-state index contributed by atoms with van der Waals surface area (Å²) in [7, 11) is 1.48. The number of pyridine rings is 1. The molecule has 180 valence electrons. The Hall–Kier alpha value is -3.17. The van der Waals surface area contributed by atoms with E-state index in [2.05, 4.69) is 24.6 Å². The molecule has 2 aromatic heterocycles. The van der Waals surface area contributed by atoms with Gasteiger partial charge >= 0.3 is 0 Å². The molecular weight excluding hydrogens is 492 g/mol. The van der Waals surface area contributed by atoms with Gasteiger partial charge in [0.2, 0.25) is 11.8 Å². The van der Waals surface area contributed by atoms with E-state index in [0.717, 1.165) is 43.4 Å². The third-order valence-electron chi connectivity index (χ3n) is 5.83. The third kappa shape index (κ3) is 4.97. The number of hydrogen-bond acceptors (Lipinski definition) is 7. The van der Waals surface area contributed by atoms with Gasteiger partial charge in [0, 0.05) is 30.9 Å². The fraction of sp³-hybridized carbons (Fsp3) is 0.240. The van der Waals surface area contributed by atoms with E-state index in [1.165, 1.54) is 31.9 Å². The minimum Gasteiger partial charge on any atom is -0.480 e. The van der Waals surface area contributed by atoms with Crippen LogP contribution in [0.1, 0.15) is 19.3 Å². The molecule has 0 saturated carbocycles. The SMILES string of the molecule is COc1ncc(Cl)cc1SNc1ccc(F)c(-c2ccc3nc(N4CCCCC4)ncc3c2)c1F. The fourth-order valence-corrected chi connectivity index (χ4v) is 5.08. The first-order valence-electron chi connectivity index (χ1n) is 11.2. The number of benzene rings is 2. The van der Waals surface area contributed by atoms with Crippen molar-refractivity contribution in [3.8, 4) is 17.0 Å². The first kappa shape index (κ1) is 23.6. The highest BCUT2D eigenvalue weighted by atomic mass is 35.5. The average molecular weight is 514 g/mol. The summed E-state index contributed by atoms with van der Waals surface area (Å²) >= 11 is 7.09. The van der Waals surface area contributed by atoms with Crippen LogP contribution >= 0.6 is 23.5 Å². The number of rotatable bonds is 6. The van der Waals surface area contributed by atoms with Gasteiger partial charge in [-0.2, -0.15) is 0 Å². The molecule has 1 fully saturated rings. The van der Waals surface area contributed by atoms with Crippen molar-refractivity contribution >= 4 is 46.1 Å². The molecule has 10 heteroatoms. The van der Waals surface area contributed by atoms with Crippen molar-refractivity contribution < 1.29 is 13.5 Å². The molecule has 2 aromatic carbocycles. The van der Waals surface area contributed by atoms with Gasteiger partial charge in [0.15, 0.2) is 5.82 Å². The van der Waals surface area contributed by atoms with E-state index in [4.69, 9.17) is 16.3 Å². The Kier molecular flexibility index (Phi) is 6.88. The molecule has 6 nitrogen and oxygen atoms in total. The number of anilines is 2. The molecule has 0 aliphatic carbocycles. The van der Waals surface area contributed by atoms with Crippen LogP contribution in [0.15, 0.2) is 53.7 Å². The summed E-state index contributed by atoms with van der Waals surface area (Å²) < 4.78 is 38.4. The molecule has 1 N–H and O–H groups in total. The molecule has 0 radical (unpaired) electrons. The molecule has 1 aliphatic heterocycles. The van der Waals surface area contributed by atoms with Crippen molar-refractivity contribution in [3.63, 3.8) is 0 Å². The van der Waals surface area contributed by atoms with Crippen molar-refractivity contribution in [2.24, 2.45) is 0 Å². The smallest absolute Gasteiger partial charge is 0.228 e. The molecule has 4 aromatic rings. The summed E-state index contributed by atoms with van der Waals surface area (Å²) in [5.74, 6) is -0.341. The largest absolute Gasteiger partial charge is 0.480 e. The zero-order valence-corrected chi connectivity index (χ0v) is 20.5. The molecule has 0 bridgehead atoms. The van der Waals surface area contributed by atoms with Gasteiger partial charge in [-0.1, -0.05) is 17.7 Å². The lowest BCUT2D eigenvalue weighted by Crippen LogP contribution is -2.30. The van der Waals surface area contributed by atoms with E-state index in [1.54, 1.807) is 30.5 Å². The van der Waals surface area contributed by atoms with Gasteiger partial charge in [0.1, 0.15) is 5.82 Å². The molecule has 1 saturated heterocycles. The lowest BCUT2D eigenvalue weighted by molar-refractivity contribution is 0.387. The van der Waals surface area contributed by atoms with Gasteiger partial charge in [-0.3, -0.25) is 0 Å². The Labute approximate surface area is 210 Å². The van der Waals surface area contributed by atoms with Crippen LogP contribution in [0.4, 0.5) is 20.4 Å². The van der Waals surface area contributed by atoms with Crippen molar-refractivity contribution in [1.29, 1.82) is 0 Å². The highest BCUT2D eigenvalue weighted by Crippen LogP contribution is 2.36. The van der Waals surface area contributed by atoms with Crippen molar-refractivity contribution in [2.75, 3.05) is 29.8 Å². The average Bonchev–Trinajstić information content (AvgIpc) is 2.88. The Morgan fingerprint density at radius 2 is 1.86 bits per heavy atom. The lowest BCUT2D eigenvalue weighted by atomic mass is 10.0. The first-order valence-corrected chi connectivity index (χ1v) is 12.4. The van der Waals surface area contributed by atoms with Crippen LogP contribution < -0.4 is 14.4 Å². The normalized spacial score (nSPS) is 13.8. The maximum Gasteiger partial charge on any atom is 0.228 e. The van der Waals surface area contributed by atoms with Crippen LogP contribution in [0.2, 0.25) is 5.02 Å². The monoisotopic (exact) mass is 513 g/mol. The summed E-state index contributed by atoms with van der Waals surface area (Å²) in [5, 5.41) is 1.13. The van der Waals surface area contributed by atoms with Crippen LogP contribution in [0.25, 0.3) is 22.0 Å². The minimum atomic E-state index is -0.711. The summed E-state index contributed by atoms with van der Waals surface area (Å²) in [5.41, 5.74) is 1.12. The quantitative estimate of drug-likeness (QED) is 0.286. The Morgan fingerprint density at radius 3 is 2.66 bits per heavy atom. The van der Waals surface area contributed by atoms with Crippen LogP contribution in [-0.4, -0.2) is 35.2 Å². The maximum atomic E-state index is 15.5. The van der Waals surface area contributed by atoms with E-state index < -0.39 is 11.6 Å². The lowest BCUT2D eigenvalue weighted by Gasteiger charge is -2.26. The number of fused-ring (bicyclic) bond motifs is 1. The second kappa shape index (κ2) is 10.2. The number of ether oxygens (including phenoxy) is 1. The molecule has 0 amide bonds. The van der Waals surface area contributed by atoms with Gasteiger partial charge in [-0.15, -0.1) is 0 Å². The molecule has 0 atom stereocenters. The predicted octanol–water partition coefficient (Wildman–Crippen LogP) is 6.74. The highest BCUT2D eigenvalue weighted by molar-refractivity contribution is 8.00. The number of nitrogens with zero attached hydrogens (tertiary/aromatic N) is 4. The number of aromatic nitrogens is 3. The van der Waals surface area contributed by atoms with Crippen molar-refractivity contribution in [3.05, 3.63) is 65.4 Å².